The summed E-state index contributed by atoms with van der Waals surface area (Å²) < 4.78 is 0. The number of carbonyl (C=O) groups excluding carboxylic acids is 1. The average molecular weight is 376 g/mol. The van der Waals surface area contributed by atoms with Crippen LogP contribution in [-0.2, 0) is 11.3 Å². The summed E-state index contributed by atoms with van der Waals surface area (Å²) >= 11 is 0. The molecule has 1 aromatic rings. The van der Waals surface area contributed by atoms with Crippen molar-refractivity contribution in [2.75, 3.05) is 6.61 Å². The van der Waals surface area contributed by atoms with E-state index in [9.17, 15) is 20.1 Å². The van der Waals surface area contributed by atoms with Gasteiger partial charge >= 0.3 is 0 Å². The van der Waals surface area contributed by atoms with Gasteiger partial charge in [-0.15, -0.1) is 0 Å². The third-order valence-electron chi connectivity index (χ3n) is 7.45. The highest BCUT2D eigenvalue weighted by molar-refractivity contribution is 5.76. The van der Waals surface area contributed by atoms with E-state index in [2.05, 4.69) is 12.2 Å². The molecule has 3 rings (SSSR count). The van der Waals surface area contributed by atoms with Gasteiger partial charge in [0, 0.05) is 18.4 Å². The first-order chi connectivity index (χ1) is 12.8. The van der Waals surface area contributed by atoms with Crippen LogP contribution in [0, 0.1) is 22.7 Å². The van der Waals surface area contributed by atoms with Crippen LogP contribution >= 0.6 is 0 Å². The summed E-state index contributed by atoms with van der Waals surface area (Å²) in [4.78, 5) is 12.6. The average Bonchev–Trinajstić information content (AvgIpc) is 2.67. The second-order valence-corrected chi connectivity index (χ2v) is 8.99. The van der Waals surface area contributed by atoms with E-state index >= 15 is 0 Å². The molecule has 150 valence electrons. The normalized spacial score (nSPS) is 38.9. The summed E-state index contributed by atoms with van der Waals surface area (Å²) in [6.07, 6.45) is 1.96. The van der Waals surface area contributed by atoms with Gasteiger partial charge in [0.15, 0.2) is 0 Å². The number of carbonyl (C=O) groups is 1. The molecule has 0 spiro atoms. The third-order valence-corrected chi connectivity index (χ3v) is 7.45. The third kappa shape index (κ3) is 3.78. The largest absolute Gasteiger partial charge is 0.396 e. The number of fused-ring (bicyclic) bond motifs is 1. The maximum Gasteiger partial charge on any atom is 0.220 e. The molecule has 5 heteroatoms. The van der Waals surface area contributed by atoms with E-state index in [0.29, 0.717) is 19.4 Å². The zero-order valence-corrected chi connectivity index (χ0v) is 16.4. The van der Waals surface area contributed by atoms with Gasteiger partial charge in [-0.1, -0.05) is 44.2 Å². The number of hydrogen-bond donors (Lipinski definition) is 4. The minimum absolute atomic E-state index is 0.0541. The molecule has 6 atom stereocenters. The minimum Gasteiger partial charge on any atom is -0.396 e. The maximum absolute atomic E-state index is 12.6. The van der Waals surface area contributed by atoms with Crippen LogP contribution in [0.2, 0.25) is 0 Å². The van der Waals surface area contributed by atoms with Gasteiger partial charge < -0.3 is 20.6 Å². The van der Waals surface area contributed by atoms with Gasteiger partial charge in [-0.3, -0.25) is 4.79 Å². The lowest BCUT2D eigenvalue weighted by Gasteiger charge is -2.60. The Labute approximate surface area is 161 Å². The Morgan fingerprint density at radius 2 is 1.85 bits per heavy atom. The summed E-state index contributed by atoms with van der Waals surface area (Å²) in [6, 6.07) is 9.78. The zero-order chi connectivity index (χ0) is 19.7. The van der Waals surface area contributed by atoms with Crippen molar-refractivity contribution in [1.29, 1.82) is 0 Å². The number of hydrogen-bond acceptors (Lipinski definition) is 4. The molecular weight excluding hydrogens is 342 g/mol. The van der Waals surface area contributed by atoms with E-state index in [4.69, 9.17) is 0 Å². The molecule has 1 aromatic carbocycles. The van der Waals surface area contributed by atoms with Crippen LogP contribution in [0.1, 0.15) is 51.5 Å². The lowest BCUT2D eigenvalue weighted by atomic mass is 9.46. The topological polar surface area (TPSA) is 89.8 Å². The van der Waals surface area contributed by atoms with Crippen molar-refractivity contribution in [2.24, 2.45) is 22.7 Å². The van der Waals surface area contributed by atoms with E-state index in [1.807, 2.05) is 37.3 Å². The van der Waals surface area contributed by atoms with Gasteiger partial charge in [0.25, 0.3) is 0 Å². The maximum atomic E-state index is 12.6. The fraction of sp³-hybridized carbons (Fsp3) is 0.682. The Hall–Kier alpha value is -1.43. The van der Waals surface area contributed by atoms with E-state index in [1.165, 1.54) is 0 Å². The predicted octanol–water partition coefficient (Wildman–Crippen LogP) is 2.24. The van der Waals surface area contributed by atoms with Crippen molar-refractivity contribution in [3.05, 3.63) is 35.9 Å². The quantitative estimate of drug-likeness (QED) is 0.635. The van der Waals surface area contributed by atoms with E-state index in [1.54, 1.807) is 0 Å². The van der Waals surface area contributed by atoms with Crippen molar-refractivity contribution in [1.82, 2.24) is 5.32 Å². The van der Waals surface area contributed by atoms with E-state index in [-0.39, 0.29) is 36.2 Å². The Bertz CT molecular complexity index is 651. The first kappa shape index (κ1) is 20.3. The molecule has 6 unspecified atom stereocenters. The van der Waals surface area contributed by atoms with Gasteiger partial charge in [-0.2, -0.15) is 0 Å². The van der Waals surface area contributed by atoms with Gasteiger partial charge in [-0.05, 0) is 48.5 Å². The Morgan fingerprint density at radius 3 is 2.52 bits per heavy atom. The second kappa shape index (κ2) is 7.90. The van der Waals surface area contributed by atoms with Gasteiger partial charge in [0.1, 0.15) is 0 Å². The Kier molecular flexibility index (Phi) is 5.94. The molecule has 0 heterocycles. The molecule has 4 N–H and O–H groups in total. The minimum atomic E-state index is -0.577. The van der Waals surface area contributed by atoms with Crippen LogP contribution in [-0.4, -0.2) is 40.0 Å². The smallest absolute Gasteiger partial charge is 0.220 e. The summed E-state index contributed by atoms with van der Waals surface area (Å²) in [5, 5.41) is 34.2. The van der Waals surface area contributed by atoms with Crippen LogP contribution < -0.4 is 5.32 Å². The summed E-state index contributed by atoms with van der Waals surface area (Å²) in [5.41, 5.74) is 0.206. The second-order valence-electron chi connectivity index (χ2n) is 8.99. The van der Waals surface area contributed by atoms with Gasteiger partial charge in [-0.25, -0.2) is 0 Å². The first-order valence-corrected chi connectivity index (χ1v) is 10.1. The highest BCUT2D eigenvalue weighted by Crippen LogP contribution is 2.60. The molecule has 0 aliphatic heterocycles. The summed E-state index contributed by atoms with van der Waals surface area (Å²) in [5.74, 6) is -0.124. The number of aliphatic hydroxyl groups is 3. The summed E-state index contributed by atoms with van der Waals surface area (Å²) in [7, 11) is 0. The van der Waals surface area contributed by atoms with Crippen LogP contribution in [0.4, 0.5) is 0 Å². The molecule has 1 amide bonds. The number of aliphatic hydroxyl groups excluding tert-OH is 3. The predicted molar refractivity (Wildman–Crippen MR) is 104 cm³/mol. The van der Waals surface area contributed by atoms with Crippen molar-refractivity contribution in [2.45, 2.75) is 64.7 Å². The molecule has 2 saturated carbocycles. The van der Waals surface area contributed by atoms with Crippen molar-refractivity contribution < 1.29 is 20.1 Å². The molecule has 2 aliphatic carbocycles. The molecule has 0 saturated heterocycles. The number of amides is 1. The monoisotopic (exact) mass is 375 g/mol. The van der Waals surface area contributed by atoms with Crippen LogP contribution in [0.5, 0.6) is 0 Å². The van der Waals surface area contributed by atoms with Crippen LogP contribution in [0.3, 0.4) is 0 Å². The number of rotatable bonds is 5. The van der Waals surface area contributed by atoms with E-state index < -0.39 is 17.6 Å². The van der Waals surface area contributed by atoms with Crippen LogP contribution in [0.25, 0.3) is 0 Å². The summed E-state index contributed by atoms with van der Waals surface area (Å²) in [6.45, 7) is 4.49. The van der Waals surface area contributed by atoms with E-state index in [0.717, 1.165) is 18.4 Å². The molecule has 0 aromatic heterocycles. The van der Waals surface area contributed by atoms with Crippen molar-refractivity contribution in [3.63, 3.8) is 0 Å². The number of benzene rings is 1. The van der Waals surface area contributed by atoms with Crippen molar-refractivity contribution in [3.8, 4) is 0 Å². The van der Waals surface area contributed by atoms with Crippen molar-refractivity contribution >= 4 is 5.91 Å². The van der Waals surface area contributed by atoms with Crippen LogP contribution in [0.15, 0.2) is 30.3 Å². The lowest BCUT2D eigenvalue weighted by molar-refractivity contribution is -0.185. The molecule has 27 heavy (non-hydrogen) atoms. The lowest BCUT2D eigenvalue weighted by Crippen LogP contribution is -2.60. The van der Waals surface area contributed by atoms with Gasteiger partial charge in [0.2, 0.25) is 5.91 Å². The molecule has 0 radical (unpaired) electrons. The molecule has 2 fully saturated rings. The fourth-order valence-electron chi connectivity index (χ4n) is 5.67. The standard InChI is InChI=1S/C22H33NO4/c1-21-11-10-19(26)22(2,14-24)18(21)9-8-17(25)16(21)12-20(27)23-13-15-6-4-3-5-7-15/h3-7,16-19,24-26H,8-14H2,1-2H3,(H,23,27). The Balaban J connectivity index is 1.72. The highest BCUT2D eigenvalue weighted by atomic mass is 16.3. The molecule has 0 bridgehead atoms. The number of nitrogens with one attached hydrogen (secondary N) is 1. The molecular formula is C22H33NO4. The first-order valence-electron chi connectivity index (χ1n) is 10.1. The SMILES string of the molecule is CC1(CO)C(O)CCC2(C)C(CC(=O)NCc3ccccc3)C(O)CCC12. The fourth-order valence-corrected chi connectivity index (χ4v) is 5.67. The van der Waals surface area contributed by atoms with Gasteiger partial charge in [0.05, 0.1) is 18.8 Å². The molecule has 2 aliphatic rings. The highest BCUT2D eigenvalue weighted by Gasteiger charge is 2.58. The Morgan fingerprint density at radius 1 is 1.15 bits per heavy atom. The zero-order valence-electron chi connectivity index (χ0n) is 16.4. The molecule has 5 nitrogen and oxygen atoms in total.